The Hall–Kier alpha value is -2.25. The number of nitrogens with zero attached hydrogens (tertiary/aromatic N) is 2. The smallest absolute Gasteiger partial charge is 0.347 e. The van der Waals surface area contributed by atoms with Crippen LogP contribution >= 0.6 is 22.7 Å². The molecule has 0 saturated heterocycles. The van der Waals surface area contributed by atoms with Gasteiger partial charge in [-0.25, -0.2) is 9.78 Å². The van der Waals surface area contributed by atoms with E-state index in [0.29, 0.717) is 22.6 Å². The van der Waals surface area contributed by atoms with Gasteiger partial charge in [-0.3, -0.25) is 9.20 Å². The van der Waals surface area contributed by atoms with Crippen molar-refractivity contribution >= 4 is 45.8 Å². The van der Waals surface area contributed by atoms with Gasteiger partial charge in [0.1, 0.15) is 4.88 Å². The van der Waals surface area contributed by atoms with Crippen LogP contribution in [0.2, 0.25) is 0 Å². The van der Waals surface area contributed by atoms with Crippen molar-refractivity contribution in [3.05, 3.63) is 55.1 Å². The third kappa shape index (κ3) is 2.60. The van der Waals surface area contributed by atoms with Gasteiger partial charge in [-0.15, -0.1) is 11.3 Å². The van der Waals surface area contributed by atoms with Gasteiger partial charge in [-0.2, -0.15) is 0 Å². The van der Waals surface area contributed by atoms with Gasteiger partial charge in [0.25, 0.3) is 5.56 Å². The van der Waals surface area contributed by atoms with Gasteiger partial charge in [0, 0.05) is 16.6 Å². The van der Waals surface area contributed by atoms with Gasteiger partial charge < -0.3 is 5.11 Å². The van der Waals surface area contributed by atoms with Crippen LogP contribution in [-0.2, 0) is 6.42 Å². The molecule has 3 aromatic rings. The summed E-state index contributed by atoms with van der Waals surface area (Å²) < 4.78 is 1.31. The molecular weight excluding hydrogens is 320 g/mol. The molecule has 3 aromatic heterocycles. The number of carboxylic acid groups (broad SMARTS) is 1. The van der Waals surface area contributed by atoms with E-state index in [0.717, 1.165) is 16.2 Å². The molecule has 0 fully saturated rings. The fourth-order valence-corrected chi connectivity index (χ4v) is 3.55. The first-order chi connectivity index (χ1) is 10.6. The number of hydrogen-bond acceptors (Lipinski definition) is 5. The number of carboxylic acids is 1. The van der Waals surface area contributed by atoms with Crippen molar-refractivity contribution in [2.45, 2.75) is 13.3 Å². The molecule has 112 valence electrons. The average Bonchev–Trinajstić information content (AvgIpc) is 3.14. The lowest BCUT2D eigenvalue weighted by Crippen LogP contribution is -2.19. The van der Waals surface area contributed by atoms with E-state index in [4.69, 9.17) is 5.11 Å². The molecule has 0 unspecified atom stereocenters. The number of thiophene rings is 1. The van der Waals surface area contributed by atoms with Crippen LogP contribution in [0.25, 0.3) is 17.1 Å². The maximum Gasteiger partial charge on any atom is 0.347 e. The number of carbonyl (C=O) groups is 1. The molecule has 0 aromatic carbocycles. The molecule has 0 atom stereocenters. The Bertz CT molecular complexity index is 920. The number of fused-ring (bicyclic) bond motifs is 1. The topological polar surface area (TPSA) is 71.7 Å². The fourth-order valence-electron chi connectivity index (χ4n) is 2.11. The highest BCUT2D eigenvalue weighted by Crippen LogP contribution is 2.18. The number of thiazole rings is 1. The number of hydrogen-bond donors (Lipinski definition) is 1. The Kier molecular flexibility index (Phi) is 3.91. The largest absolute Gasteiger partial charge is 0.477 e. The Balaban J connectivity index is 2.17. The maximum absolute atomic E-state index is 12.5. The van der Waals surface area contributed by atoms with E-state index in [2.05, 4.69) is 4.98 Å². The summed E-state index contributed by atoms with van der Waals surface area (Å²) >= 11 is 2.60. The van der Waals surface area contributed by atoms with Crippen molar-refractivity contribution < 1.29 is 9.90 Å². The molecule has 5 nitrogen and oxygen atoms in total. The minimum absolute atomic E-state index is 0.103. The third-order valence-corrected chi connectivity index (χ3v) is 4.98. The highest BCUT2D eigenvalue weighted by atomic mass is 32.1. The van der Waals surface area contributed by atoms with E-state index in [1.165, 1.54) is 10.6 Å². The standard InChI is InChI=1S/C15H12N2O3S2/c1-2-10-11(6-5-9-4-3-7-21-9)16-15-17(13(10)18)8-12(22-15)14(19)20/h3-8H,2H2,1H3,(H,19,20)/b6-5+. The van der Waals surface area contributed by atoms with E-state index < -0.39 is 5.97 Å². The summed E-state index contributed by atoms with van der Waals surface area (Å²) in [5, 5.41) is 11.0. The van der Waals surface area contributed by atoms with Gasteiger partial charge in [0.05, 0.1) is 5.69 Å². The second-order valence-corrected chi connectivity index (χ2v) is 6.52. The predicted octanol–water partition coefficient (Wildman–Crippen LogP) is 3.25. The van der Waals surface area contributed by atoms with Crippen LogP contribution in [0.3, 0.4) is 0 Å². The number of aromatic nitrogens is 2. The SMILES string of the molecule is CCc1c(/C=C/c2cccs2)nc2sc(C(=O)O)cn2c1=O. The van der Waals surface area contributed by atoms with Crippen molar-refractivity contribution in [3.8, 4) is 0 Å². The van der Waals surface area contributed by atoms with Gasteiger partial charge in [-0.1, -0.05) is 24.3 Å². The van der Waals surface area contributed by atoms with Crippen molar-refractivity contribution in [2.24, 2.45) is 0 Å². The summed E-state index contributed by atoms with van der Waals surface area (Å²) in [7, 11) is 0. The third-order valence-electron chi connectivity index (χ3n) is 3.17. The van der Waals surface area contributed by atoms with E-state index in [9.17, 15) is 9.59 Å². The van der Waals surface area contributed by atoms with Crippen LogP contribution in [-0.4, -0.2) is 20.5 Å². The van der Waals surface area contributed by atoms with E-state index >= 15 is 0 Å². The number of rotatable bonds is 4. The summed E-state index contributed by atoms with van der Waals surface area (Å²) in [6.07, 6.45) is 5.60. The molecular formula is C15H12N2O3S2. The summed E-state index contributed by atoms with van der Waals surface area (Å²) in [5.74, 6) is -1.05. The molecule has 0 radical (unpaired) electrons. The van der Waals surface area contributed by atoms with E-state index in [-0.39, 0.29) is 10.4 Å². The van der Waals surface area contributed by atoms with Crippen molar-refractivity contribution in [1.29, 1.82) is 0 Å². The van der Waals surface area contributed by atoms with Crippen molar-refractivity contribution in [1.82, 2.24) is 9.38 Å². The Labute approximate surface area is 133 Å². The quantitative estimate of drug-likeness (QED) is 0.796. The second kappa shape index (κ2) is 5.86. The molecule has 0 bridgehead atoms. The molecule has 0 saturated carbocycles. The average molecular weight is 332 g/mol. The van der Waals surface area contributed by atoms with Gasteiger partial charge in [0.15, 0.2) is 4.96 Å². The summed E-state index contributed by atoms with van der Waals surface area (Å²) in [6.45, 7) is 1.89. The maximum atomic E-state index is 12.5. The Morgan fingerprint density at radius 1 is 1.45 bits per heavy atom. The minimum Gasteiger partial charge on any atom is -0.477 e. The van der Waals surface area contributed by atoms with Crippen LogP contribution in [0.15, 0.2) is 28.5 Å². The molecule has 0 spiro atoms. The zero-order chi connectivity index (χ0) is 15.7. The second-order valence-electron chi connectivity index (χ2n) is 4.54. The van der Waals surface area contributed by atoms with Crippen LogP contribution < -0.4 is 5.56 Å². The van der Waals surface area contributed by atoms with Crippen LogP contribution in [0.4, 0.5) is 0 Å². The van der Waals surface area contributed by atoms with E-state index in [1.54, 1.807) is 11.3 Å². The predicted molar refractivity (Wildman–Crippen MR) is 88.9 cm³/mol. The highest BCUT2D eigenvalue weighted by Gasteiger charge is 2.15. The molecule has 3 rings (SSSR count). The molecule has 0 aliphatic heterocycles. The molecule has 1 N–H and O–H groups in total. The molecule has 3 heterocycles. The molecule has 7 heteroatoms. The molecule has 22 heavy (non-hydrogen) atoms. The summed E-state index contributed by atoms with van der Waals surface area (Å²) in [6, 6.07) is 3.93. The number of aromatic carboxylic acids is 1. The first-order valence-corrected chi connectivity index (χ1v) is 8.29. The van der Waals surface area contributed by atoms with Crippen LogP contribution in [0, 0.1) is 0 Å². The fraction of sp³-hybridized carbons (Fsp3) is 0.133. The molecule has 0 aliphatic carbocycles. The van der Waals surface area contributed by atoms with Gasteiger partial charge >= 0.3 is 5.97 Å². The van der Waals surface area contributed by atoms with Crippen molar-refractivity contribution in [2.75, 3.05) is 0 Å². The normalized spacial score (nSPS) is 11.5. The van der Waals surface area contributed by atoms with E-state index in [1.807, 2.05) is 36.6 Å². The first-order valence-electron chi connectivity index (χ1n) is 6.60. The van der Waals surface area contributed by atoms with Crippen LogP contribution in [0.5, 0.6) is 0 Å². The van der Waals surface area contributed by atoms with Crippen molar-refractivity contribution in [3.63, 3.8) is 0 Å². The summed E-state index contributed by atoms with van der Waals surface area (Å²) in [4.78, 5) is 29.6. The monoisotopic (exact) mass is 332 g/mol. The van der Waals surface area contributed by atoms with Crippen LogP contribution in [0.1, 0.15) is 32.7 Å². The highest BCUT2D eigenvalue weighted by molar-refractivity contribution is 7.18. The molecule has 0 amide bonds. The first kappa shape index (κ1) is 14.7. The molecule has 0 aliphatic rings. The lowest BCUT2D eigenvalue weighted by atomic mass is 10.1. The van der Waals surface area contributed by atoms with Gasteiger partial charge in [-0.05, 0) is 30.0 Å². The lowest BCUT2D eigenvalue weighted by molar-refractivity contribution is 0.0702. The zero-order valence-electron chi connectivity index (χ0n) is 11.6. The van der Waals surface area contributed by atoms with Gasteiger partial charge in [0.2, 0.25) is 0 Å². The lowest BCUT2D eigenvalue weighted by Gasteiger charge is -2.02. The summed E-state index contributed by atoms with van der Waals surface area (Å²) in [5.41, 5.74) is 0.974. The Morgan fingerprint density at radius 2 is 2.27 bits per heavy atom. The zero-order valence-corrected chi connectivity index (χ0v) is 13.3. The Morgan fingerprint density at radius 3 is 2.91 bits per heavy atom. The minimum atomic E-state index is -1.05.